The summed E-state index contributed by atoms with van der Waals surface area (Å²) < 4.78 is 0. The van der Waals surface area contributed by atoms with Gasteiger partial charge in [0.1, 0.15) is 0 Å². The molecule has 0 spiro atoms. The van der Waals surface area contributed by atoms with E-state index in [-0.39, 0.29) is 16.7 Å². The average molecular weight is 268 g/mol. The molecule has 3 heteroatoms. The van der Waals surface area contributed by atoms with Crippen molar-refractivity contribution in [2.45, 2.75) is 78.7 Å². The zero-order valence-electron chi connectivity index (χ0n) is 13.2. The summed E-state index contributed by atoms with van der Waals surface area (Å²) >= 11 is 0. The summed E-state index contributed by atoms with van der Waals surface area (Å²) in [5.74, 6) is 0.193. The van der Waals surface area contributed by atoms with Crippen LogP contribution in [0.15, 0.2) is 0 Å². The minimum absolute atomic E-state index is 0.193. The van der Waals surface area contributed by atoms with E-state index < -0.39 is 0 Å². The van der Waals surface area contributed by atoms with E-state index in [1.165, 1.54) is 12.8 Å². The number of nitrogens with two attached hydrogens (primary N) is 1. The van der Waals surface area contributed by atoms with Crippen molar-refractivity contribution in [3.05, 3.63) is 0 Å². The molecule has 1 saturated carbocycles. The maximum absolute atomic E-state index is 12.7. The van der Waals surface area contributed by atoms with Crippen LogP contribution in [0.25, 0.3) is 0 Å². The first-order chi connectivity index (χ1) is 8.91. The Morgan fingerprint density at radius 3 is 2.26 bits per heavy atom. The molecule has 0 aliphatic heterocycles. The van der Waals surface area contributed by atoms with Gasteiger partial charge in [0.25, 0.3) is 0 Å². The number of hydrogen-bond donors (Lipinski definition) is 2. The van der Waals surface area contributed by atoms with E-state index in [4.69, 9.17) is 5.73 Å². The molecule has 0 aromatic heterocycles. The van der Waals surface area contributed by atoms with E-state index >= 15 is 0 Å². The Kier molecular flexibility index (Phi) is 5.84. The SMILES string of the molecule is CCCC(CN)(CCC)C(=O)NC1CCCC1(C)C. The summed E-state index contributed by atoms with van der Waals surface area (Å²) in [7, 11) is 0. The molecule has 19 heavy (non-hydrogen) atoms. The second-order valence-electron chi connectivity index (χ2n) is 6.89. The fraction of sp³-hybridized carbons (Fsp3) is 0.938. The van der Waals surface area contributed by atoms with Gasteiger partial charge in [-0.25, -0.2) is 0 Å². The third-order valence-corrected chi connectivity index (χ3v) is 4.89. The van der Waals surface area contributed by atoms with Crippen LogP contribution >= 0.6 is 0 Å². The Hall–Kier alpha value is -0.570. The van der Waals surface area contributed by atoms with Crippen molar-refractivity contribution in [2.75, 3.05) is 6.54 Å². The molecule has 0 aromatic carbocycles. The molecular weight excluding hydrogens is 236 g/mol. The summed E-state index contributed by atoms with van der Waals surface area (Å²) in [4.78, 5) is 12.7. The van der Waals surface area contributed by atoms with E-state index in [0.717, 1.165) is 32.1 Å². The van der Waals surface area contributed by atoms with Gasteiger partial charge in [0.2, 0.25) is 5.91 Å². The van der Waals surface area contributed by atoms with Gasteiger partial charge in [-0.05, 0) is 31.1 Å². The summed E-state index contributed by atoms with van der Waals surface area (Å²) in [5, 5.41) is 3.31. The van der Waals surface area contributed by atoms with Crippen molar-refractivity contribution in [2.24, 2.45) is 16.6 Å². The van der Waals surface area contributed by atoms with Crippen LogP contribution in [0.3, 0.4) is 0 Å². The summed E-state index contributed by atoms with van der Waals surface area (Å²) in [6.07, 6.45) is 7.35. The Labute approximate surface area is 118 Å². The molecule has 1 aliphatic carbocycles. The van der Waals surface area contributed by atoms with E-state index in [1.54, 1.807) is 0 Å². The summed E-state index contributed by atoms with van der Waals surface area (Å²) in [6, 6.07) is 0.319. The highest BCUT2D eigenvalue weighted by atomic mass is 16.2. The molecule has 112 valence electrons. The van der Waals surface area contributed by atoms with Gasteiger partial charge >= 0.3 is 0 Å². The maximum atomic E-state index is 12.7. The van der Waals surface area contributed by atoms with E-state index in [1.807, 2.05) is 0 Å². The molecule has 0 heterocycles. The van der Waals surface area contributed by atoms with Crippen LogP contribution < -0.4 is 11.1 Å². The molecule has 1 fully saturated rings. The van der Waals surface area contributed by atoms with E-state index in [2.05, 4.69) is 33.0 Å². The highest BCUT2D eigenvalue weighted by Crippen LogP contribution is 2.38. The highest BCUT2D eigenvalue weighted by Gasteiger charge is 2.41. The smallest absolute Gasteiger partial charge is 0.227 e. The zero-order chi connectivity index (χ0) is 14.5. The lowest BCUT2D eigenvalue weighted by Gasteiger charge is -2.35. The maximum Gasteiger partial charge on any atom is 0.227 e. The fourth-order valence-electron chi connectivity index (χ4n) is 3.51. The third-order valence-electron chi connectivity index (χ3n) is 4.89. The van der Waals surface area contributed by atoms with Crippen LogP contribution in [0.5, 0.6) is 0 Å². The molecule has 1 amide bonds. The molecule has 0 bridgehead atoms. The van der Waals surface area contributed by atoms with Crippen molar-refractivity contribution < 1.29 is 4.79 Å². The van der Waals surface area contributed by atoms with Crippen LogP contribution in [-0.4, -0.2) is 18.5 Å². The Morgan fingerprint density at radius 2 is 1.89 bits per heavy atom. The van der Waals surface area contributed by atoms with Gasteiger partial charge in [-0.1, -0.05) is 47.0 Å². The number of amides is 1. The van der Waals surface area contributed by atoms with Gasteiger partial charge in [0.15, 0.2) is 0 Å². The largest absolute Gasteiger partial charge is 0.352 e. The first-order valence-corrected chi connectivity index (χ1v) is 7.93. The van der Waals surface area contributed by atoms with Crippen molar-refractivity contribution in [1.29, 1.82) is 0 Å². The lowest BCUT2D eigenvalue weighted by atomic mass is 9.77. The number of carbonyl (C=O) groups excluding carboxylic acids is 1. The number of rotatable bonds is 7. The molecule has 1 unspecified atom stereocenters. The first-order valence-electron chi connectivity index (χ1n) is 7.93. The molecule has 3 nitrogen and oxygen atoms in total. The normalized spacial score (nSPS) is 22.5. The average Bonchev–Trinajstić information content (AvgIpc) is 2.68. The Morgan fingerprint density at radius 1 is 1.32 bits per heavy atom. The predicted molar refractivity (Wildman–Crippen MR) is 80.9 cm³/mol. The third kappa shape index (κ3) is 3.71. The van der Waals surface area contributed by atoms with Gasteiger partial charge < -0.3 is 11.1 Å². The highest BCUT2D eigenvalue weighted by molar-refractivity contribution is 5.83. The number of nitrogens with one attached hydrogen (secondary N) is 1. The molecule has 1 atom stereocenters. The lowest BCUT2D eigenvalue weighted by molar-refractivity contribution is -0.133. The summed E-state index contributed by atoms with van der Waals surface area (Å²) in [5.41, 5.74) is 5.85. The molecule has 3 N–H and O–H groups in total. The molecule has 0 aromatic rings. The Bertz CT molecular complexity index is 293. The monoisotopic (exact) mass is 268 g/mol. The first kappa shape index (κ1) is 16.5. The minimum Gasteiger partial charge on any atom is -0.352 e. The van der Waals surface area contributed by atoms with Crippen molar-refractivity contribution >= 4 is 5.91 Å². The van der Waals surface area contributed by atoms with Crippen LogP contribution in [0, 0.1) is 10.8 Å². The lowest BCUT2D eigenvalue weighted by Crippen LogP contribution is -2.51. The van der Waals surface area contributed by atoms with Gasteiger partial charge in [-0.2, -0.15) is 0 Å². The van der Waals surface area contributed by atoms with Crippen molar-refractivity contribution in [1.82, 2.24) is 5.32 Å². The molecule has 1 aliphatic rings. The van der Waals surface area contributed by atoms with Crippen molar-refractivity contribution in [3.8, 4) is 0 Å². The van der Waals surface area contributed by atoms with Gasteiger partial charge in [-0.3, -0.25) is 4.79 Å². The van der Waals surface area contributed by atoms with E-state index in [0.29, 0.717) is 12.6 Å². The number of carbonyl (C=O) groups is 1. The molecule has 0 saturated heterocycles. The summed E-state index contributed by atoms with van der Waals surface area (Å²) in [6.45, 7) is 9.25. The quantitative estimate of drug-likeness (QED) is 0.745. The van der Waals surface area contributed by atoms with Crippen molar-refractivity contribution in [3.63, 3.8) is 0 Å². The van der Waals surface area contributed by atoms with Crippen LogP contribution in [0.1, 0.15) is 72.6 Å². The molecule has 1 rings (SSSR count). The van der Waals surface area contributed by atoms with Crippen LogP contribution in [0.4, 0.5) is 0 Å². The second-order valence-corrected chi connectivity index (χ2v) is 6.89. The van der Waals surface area contributed by atoms with Gasteiger partial charge in [-0.15, -0.1) is 0 Å². The van der Waals surface area contributed by atoms with E-state index in [9.17, 15) is 4.79 Å². The zero-order valence-corrected chi connectivity index (χ0v) is 13.2. The standard InChI is InChI=1S/C16H32N2O/c1-5-9-16(12-17,10-6-2)14(19)18-13-8-7-11-15(13,3)4/h13H,5-12,17H2,1-4H3,(H,18,19). The van der Waals surface area contributed by atoms with Crippen LogP contribution in [-0.2, 0) is 4.79 Å². The van der Waals surface area contributed by atoms with Crippen LogP contribution in [0.2, 0.25) is 0 Å². The predicted octanol–water partition coefficient (Wildman–Crippen LogP) is 3.23. The Balaban J connectivity index is 2.76. The van der Waals surface area contributed by atoms with Gasteiger partial charge in [0.05, 0.1) is 5.41 Å². The molecule has 0 radical (unpaired) electrons. The topological polar surface area (TPSA) is 55.1 Å². The minimum atomic E-state index is -0.345. The number of hydrogen-bond acceptors (Lipinski definition) is 2. The second kappa shape index (κ2) is 6.74. The molecular formula is C16H32N2O. The fourth-order valence-corrected chi connectivity index (χ4v) is 3.51. The van der Waals surface area contributed by atoms with Gasteiger partial charge in [0, 0.05) is 12.6 Å².